The van der Waals surface area contributed by atoms with E-state index in [1.165, 1.54) is 0 Å². The molecular weight excluding hydrogens is 174 g/mol. The molecule has 1 aliphatic rings. The summed E-state index contributed by atoms with van der Waals surface area (Å²) in [7, 11) is 0. The molecule has 3 heteroatoms. The highest BCUT2D eigenvalue weighted by atomic mass is 15.3. The third-order valence-corrected chi connectivity index (χ3v) is 2.73. The monoisotopic (exact) mass is 189 g/mol. The molecule has 0 amide bonds. The van der Waals surface area contributed by atoms with Crippen LogP contribution in [0.15, 0.2) is 12.3 Å². The van der Waals surface area contributed by atoms with E-state index >= 15 is 0 Å². The van der Waals surface area contributed by atoms with Crippen molar-refractivity contribution in [2.45, 2.75) is 44.6 Å². The van der Waals surface area contributed by atoms with Gasteiger partial charge >= 0.3 is 0 Å². The molecule has 0 spiro atoms. The van der Waals surface area contributed by atoms with Gasteiger partial charge in [0.05, 0.1) is 11.8 Å². The normalized spacial score (nSPS) is 19.0. The number of nitriles is 1. The Bertz CT molecular complexity index is 385. The van der Waals surface area contributed by atoms with Crippen LogP contribution in [0.25, 0.3) is 0 Å². The summed E-state index contributed by atoms with van der Waals surface area (Å²) in [6.07, 6.45) is 3.81. The molecule has 0 unspecified atom stereocenters. The zero-order chi connectivity index (χ0) is 10.4. The number of hydrogen-bond donors (Lipinski definition) is 0. The van der Waals surface area contributed by atoms with E-state index in [0.717, 1.165) is 18.5 Å². The lowest BCUT2D eigenvalue weighted by atomic mass is 9.93. The summed E-state index contributed by atoms with van der Waals surface area (Å²) in [4.78, 5) is 0. The van der Waals surface area contributed by atoms with Gasteiger partial charge in [0.2, 0.25) is 0 Å². The van der Waals surface area contributed by atoms with Crippen LogP contribution < -0.4 is 0 Å². The second kappa shape index (κ2) is 2.60. The van der Waals surface area contributed by atoms with Crippen molar-refractivity contribution in [1.82, 2.24) is 9.78 Å². The summed E-state index contributed by atoms with van der Waals surface area (Å²) in [5.74, 6) is 0. The Morgan fingerprint density at radius 3 is 2.50 bits per heavy atom. The van der Waals surface area contributed by atoms with Gasteiger partial charge in [-0.3, -0.25) is 4.68 Å². The molecule has 1 saturated carbocycles. The van der Waals surface area contributed by atoms with Gasteiger partial charge in [-0.1, -0.05) is 20.8 Å². The molecule has 0 N–H and O–H groups in total. The van der Waals surface area contributed by atoms with Crippen molar-refractivity contribution in [1.29, 1.82) is 5.26 Å². The van der Waals surface area contributed by atoms with Crippen LogP contribution in [0.1, 0.15) is 39.3 Å². The molecule has 0 radical (unpaired) electrons. The molecule has 2 rings (SSSR count). The Balaban J connectivity index is 2.32. The molecule has 1 heterocycles. The first kappa shape index (κ1) is 9.26. The predicted molar refractivity (Wildman–Crippen MR) is 53.7 cm³/mol. The van der Waals surface area contributed by atoms with Crippen LogP contribution in [-0.2, 0) is 11.0 Å². The molecule has 1 aromatic rings. The molecule has 1 aromatic heterocycles. The van der Waals surface area contributed by atoms with Crippen LogP contribution in [0.2, 0.25) is 0 Å². The van der Waals surface area contributed by atoms with Crippen molar-refractivity contribution < 1.29 is 0 Å². The summed E-state index contributed by atoms with van der Waals surface area (Å²) in [5.41, 5.74) is 0.805. The maximum absolute atomic E-state index is 9.01. The van der Waals surface area contributed by atoms with Crippen molar-refractivity contribution in [2.75, 3.05) is 0 Å². The standard InChI is InChI=1S/C11H15N3/c1-10(2,3)9-4-7-14(13-9)11(8-12)5-6-11/h4,7H,5-6H2,1-3H3. The Morgan fingerprint density at radius 1 is 1.50 bits per heavy atom. The summed E-state index contributed by atoms with van der Waals surface area (Å²) < 4.78 is 1.83. The van der Waals surface area contributed by atoms with E-state index in [4.69, 9.17) is 5.26 Å². The van der Waals surface area contributed by atoms with Crippen molar-refractivity contribution in [2.24, 2.45) is 0 Å². The van der Waals surface area contributed by atoms with Crippen molar-refractivity contribution in [3.05, 3.63) is 18.0 Å². The predicted octanol–water partition coefficient (Wildman–Crippen LogP) is 2.19. The van der Waals surface area contributed by atoms with E-state index in [0.29, 0.717) is 0 Å². The van der Waals surface area contributed by atoms with Crippen molar-refractivity contribution in [3.63, 3.8) is 0 Å². The Hall–Kier alpha value is -1.30. The number of aromatic nitrogens is 2. The van der Waals surface area contributed by atoms with Crippen LogP contribution in [-0.4, -0.2) is 9.78 Å². The van der Waals surface area contributed by atoms with Crippen LogP contribution in [0.5, 0.6) is 0 Å². The lowest BCUT2D eigenvalue weighted by Crippen LogP contribution is -2.18. The minimum atomic E-state index is -0.316. The van der Waals surface area contributed by atoms with E-state index in [9.17, 15) is 0 Å². The first-order valence-corrected chi connectivity index (χ1v) is 4.96. The summed E-state index contributed by atoms with van der Waals surface area (Å²) in [6.45, 7) is 6.39. The smallest absolute Gasteiger partial charge is 0.149 e. The van der Waals surface area contributed by atoms with E-state index in [2.05, 4.69) is 31.9 Å². The third-order valence-electron chi connectivity index (χ3n) is 2.73. The molecule has 14 heavy (non-hydrogen) atoms. The maximum atomic E-state index is 9.01. The Morgan fingerprint density at radius 2 is 2.14 bits per heavy atom. The number of hydrogen-bond acceptors (Lipinski definition) is 2. The van der Waals surface area contributed by atoms with Crippen LogP contribution >= 0.6 is 0 Å². The summed E-state index contributed by atoms with van der Waals surface area (Å²) in [5, 5.41) is 13.5. The second-order valence-electron chi connectivity index (χ2n) is 5.04. The van der Waals surface area contributed by atoms with Gasteiger partial charge < -0.3 is 0 Å². The lowest BCUT2D eigenvalue weighted by Gasteiger charge is -2.14. The minimum Gasteiger partial charge on any atom is -0.252 e. The zero-order valence-electron chi connectivity index (χ0n) is 8.91. The molecule has 3 nitrogen and oxygen atoms in total. The topological polar surface area (TPSA) is 41.6 Å². The average Bonchev–Trinajstić information content (AvgIpc) is 2.73. The molecule has 0 aliphatic heterocycles. The fraction of sp³-hybridized carbons (Fsp3) is 0.636. The molecule has 1 fully saturated rings. The second-order valence-corrected chi connectivity index (χ2v) is 5.04. The highest BCUT2D eigenvalue weighted by Crippen LogP contribution is 2.42. The van der Waals surface area contributed by atoms with Crippen molar-refractivity contribution in [3.8, 4) is 6.07 Å². The van der Waals surface area contributed by atoms with Gasteiger partial charge in [-0.05, 0) is 18.9 Å². The van der Waals surface area contributed by atoms with Crippen molar-refractivity contribution >= 4 is 0 Å². The van der Waals surface area contributed by atoms with E-state index in [-0.39, 0.29) is 11.0 Å². The highest BCUT2D eigenvalue weighted by Gasteiger charge is 2.46. The SMILES string of the molecule is CC(C)(C)c1ccn(C2(C#N)CC2)n1. The van der Waals surface area contributed by atoms with E-state index in [1.54, 1.807) is 0 Å². The summed E-state index contributed by atoms with van der Waals surface area (Å²) in [6, 6.07) is 4.35. The molecule has 0 aromatic carbocycles. The lowest BCUT2D eigenvalue weighted by molar-refractivity contribution is 0.496. The largest absolute Gasteiger partial charge is 0.252 e. The summed E-state index contributed by atoms with van der Waals surface area (Å²) >= 11 is 0. The van der Waals surface area contributed by atoms with Gasteiger partial charge in [0.1, 0.15) is 5.54 Å². The fourth-order valence-electron chi connectivity index (χ4n) is 1.47. The van der Waals surface area contributed by atoms with Gasteiger partial charge in [-0.2, -0.15) is 10.4 Å². The van der Waals surface area contributed by atoms with Gasteiger partial charge in [0.25, 0.3) is 0 Å². The Kier molecular flexibility index (Phi) is 1.72. The average molecular weight is 189 g/mol. The molecule has 74 valence electrons. The maximum Gasteiger partial charge on any atom is 0.149 e. The van der Waals surface area contributed by atoms with Gasteiger partial charge in [-0.25, -0.2) is 0 Å². The number of rotatable bonds is 1. The van der Waals surface area contributed by atoms with Crippen LogP contribution in [0, 0.1) is 11.3 Å². The third kappa shape index (κ3) is 1.31. The van der Waals surface area contributed by atoms with E-state index in [1.807, 2.05) is 16.9 Å². The molecule has 1 aliphatic carbocycles. The molecular formula is C11H15N3. The first-order valence-electron chi connectivity index (χ1n) is 4.96. The van der Waals surface area contributed by atoms with Gasteiger partial charge in [-0.15, -0.1) is 0 Å². The molecule has 0 saturated heterocycles. The van der Waals surface area contributed by atoms with Gasteiger partial charge in [0.15, 0.2) is 0 Å². The van der Waals surface area contributed by atoms with Gasteiger partial charge in [0, 0.05) is 11.6 Å². The Labute approximate surface area is 84.3 Å². The highest BCUT2D eigenvalue weighted by molar-refractivity contribution is 5.19. The zero-order valence-corrected chi connectivity index (χ0v) is 8.91. The number of nitrogens with zero attached hydrogens (tertiary/aromatic N) is 3. The minimum absolute atomic E-state index is 0.0663. The molecule has 0 bridgehead atoms. The molecule has 0 atom stereocenters. The van der Waals surface area contributed by atoms with E-state index < -0.39 is 0 Å². The quantitative estimate of drug-likeness (QED) is 0.679. The van der Waals surface area contributed by atoms with Crippen LogP contribution in [0.3, 0.4) is 0 Å². The van der Waals surface area contributed by atoms with Crippen LogP contribution in [0.4, 0.5) is 0 Å². The first-order chi connectivity index (χ1) is 6.48. The fourth-order valence-corrected chi connectivity index (χ4v) is 1.47.